The Balaban J connectivity index is 2.00. The maximum Gasteiger partial charge on any atom is 0.367 e. The second kappa shape index (κ2) is 10.9. The van der Waals surface area contributed by atoms with Crippen LogP contribution < -0.4 is 14.5 Å². The van der Waals surface area contributed by atoms with Crippen LogP contribution in [0.3, 0.4) is 0 Å². The Morgan fingerprint density at radius 3 is 2.24 bits per heavy atom. The predicted molar refractivity (Wildman–Crippen MR) is 128 cm³/mol. The molecule has 3 rings (SSSR count). The van der Waals surface area contributed by atoms with Crippen molar-refractivity contribution in [2.75, 3.05) is 49.9 Å². The Kier molecular flexibility index (Phi) is 8.02. The van der Waals surface area contributed by atoms with E-state index in [1.165, 1.54) is 0 Å². The van der Waals surface area contributed by atoms with Crippen LogP contribution in [-0.4, -0.2) is 66.4 Å². The number of carbonyl (C=O) groups is 1. The van der Waals surface area contributed by atoms with Crippen molar-refractivity contribution in [1.29, 1.82) is 0 Å². The molecular weight excluding hydrogens is 422 g/mol. The molecule has 0 spiro atoms. The molecule has 0 aliphatic carbocycles. The van der Waals surface area contributed by atoms with Gasteiger partial charge in [-0.25, -0.2) is 13.9 Å². The highest BCUT2D eigenvalue weighted by molar-refractivity contribution is 6.42. The van der Waals surface area contributed by atoms with Crippen LogP contribution >= 0.6 is 0 Å². The van der Waals surface area contributed by atoms with Crippen molar-refractivity contribution < 1.29 is 24.3 Å². The van der Waals surface area contributed by atoms with Crippen molar-refractivity contribution in [3.8, 4) is 0 Å². The fourth-order valence-electron chi connectivity index (χ4n) is 3.88. The van der Waals surface area contributed by atoms with Gasteiger partial charge in [0.15, 0.2) is 11.0 Å². The van der Waals surface area contributed by atoms with E-state index in [-0.39, 0.29) is 25.5 Å². The second-order valence-electron chi connectivity index (χ2n) is 7.57. The number of hydrazone groups is 1. The number of fused-ring (bicyclic) bond motifs is 1. The van der Waals surface area contributed by atoms with E-state index in [1.807, 2.05) is 76.7 Å². The lowest BCUT2D eigenvalue weighted by molar-refractivity contribution is -0.646. The van der Waals surface area contributed by atoms with Gasteiger partial charge in [-0.3, -0.25) is 5.01 Å². The minimum atomic E-state index is -0.500. The molecule has 176 valence electrons. The van der Waals surface area contributed by atoms with Gasteiger partial charge >= 0.3 is 11.8 Å². The van der Waals surface area contributed by atoms with Gasteiger partial charge in [-0.05, 0) is 43.3 Å². The topological polar surface area (TPSA) is 94.4 Å². The summed E-state index contributed by atoms with van der Waals surface area (Å²) >= 11 is 0. The van der Waals surface area contributed by atoms with Crippen LogP contribution in [0.5, 0.6) is 0 Å². The van der Waals surface area contributed by atoms with Crippen molar-refractivity contribution in [2.45, 2.75) is 6.92 Å². The first-order chi connectivity index (χ1) is 15.9. The maximum absolute atomic E-state index is 12.9. The Bertz CT molecular complexity index is 1080. The summed E-state index contributed by atoms with van der Waals surface area (Å²) in [6.45, 7) is 2.87. The molecule has 1 heterocycles. The second-order valence-corrected chi connectivity index (χ2v) is 7.57. The Morgan fingerprint density at radius 1 is 1.06 bits per heavy atom. The van der Waals surface area contributed by atoms with E-state index >= 15 is 0 Å². The molecule has 9 nitrogen and oxygen atoms in total. The quantitative estimate of drug-likeness (QED) is 0.207. The van der Waals surface area contributed by atoms with Gasteiger partial charge in [0.25, 0.3) is 5.71 Å². The third-order valence-electron chi connectivity index (χ3n) is 5.50. The van der Waals surface area contributed by atoms with Crippen molar-refractivity contribution >= 4 is 34.1 Å². The molecule has 0 unspecified atom stereocenters. The van der Waals surface area contributed by atoms with Gasteiger partial charge in [0.1, 0.15) is 0 Å². The lowest BCUT2D eigenvalue weighted by Gasteiger charge is -2.23. The SMILES string of the molecule is CCOC(=O)/C(=N\N(C)c1ccc(N(CCO)CCO)cc1)c1n(C)c2ccccc2[n+]1C. The number of aromatic nitrogens is 2. The summed E-state index contributed by atoms with van der Waals surface area (Å²) in [5.74, 6) is 0.134. The minimum Gasteiger partial charge on any atom is -0.461 e. The summed E-state index contributed by atoms with van der Waals surface area (Å²) in [7, 11) is 5.58. The number of para-hydroxylation sites is 2. The van der Waals surface area contributed by atoms with Crippen LogP contribution in [0.15, 0.2) is 53.6 Å². The number of carbonyl (C=O) groups excluding carboxylic acids is 1. The van der Waals surface area contributed by atoms with Gasteiger partial charge in [0, 0.05) is 25.8 Å². The highest BCUT2D eigenvalue weighted by atomic mass is 16.5. The number of ether oxygens (including phenoxy) is 1. The lowest BCUT2D eigenvalue weighted by atomic mass is 10.2. The number of aliphatic hydroxyl groups is 2. The number of aliphatic hydroxyl groups excluding tert-OH is 2. The van der Waals surface area contributed by atoms with Gasteiger partial charge in [-0.1, -0.05) is 12.1 Å². The molecule has 0 bridgehead atoms. The third kappa shape index (κ3) is 5.15. The summed E-state index contributed by atoms with van der Waals surface area (Å²) < 4.78 is 9.20. The van der Waals surface area contributed by atoms with E-state index < -0.39 is 5.97 Å². The zero-order valence-corrected chi connectivity index (χ0v) is 19.6. The van der Waals surface area contributed by atoms with Gasteiger partial charge in [-0.15, -0.1) is 0 Å². The minimum absolute atomic E-state index is 0.00309. The molecule has 0 amide bonds. The van der Waals surface area contributed by atoms with Crippen molar-refractivity contribution in [2.24, 2.45) is 19.2 Å². The number of imidazole rings is 1. The van der Waals surface area contributed by atoms with E-state index in [0.29, 0.717) is 18.9 Å². The number of anilines is 2. The Morgan fingerprint density at radius 2 is 1.67 bits per heavy atom. The molecule has 2 N–H and O–H groups in total. The molecule has 2 aromatic carbocycles. The molecule has 0 saturated heterocycles. The normalized spacial score (nSPS) is 11.6. The molecule has 3 aromatic rings. The predicted octanol–water partition coefficient (Wildman–Crippen LogP) is 1.20. The number of rotatable bonds is 10. The number of benzene rings is 2. The van der Waals surface area contributed by atoms with Crippen LogP contribution in [0.2, 0.25) is 0 Å². The monoisotopic (exact) mass is 454 g/mol. The molecule has 0 aliphatic heterocycles. The van der Waals surface area contributed by atoms with Crippen molar-refractivity contribution in [3.63, 3.8) is 0 Å². The fraction of sp³-hybridized carbons (Fsp3) is 0.375. The lowest BCUT2D eigenvalue weighted by Crippen LogP contribution is -2.40. The van der Waals surface area contributed by atoms with Crippen LogP contribution in [0, 0.1) is 0 Å². The smallest absolute Gasteiger partial charge is 0.367 e. The molecule has 0 radical (unpaired) electrons. The van der Waals surface area contributed by atoms with Crippen LogP contribution in [0.25, 0.3) is 11.0 Å². The molecule has 1 aromatic heterocycles. The maximum atomic E-state index is 12.9. The summed E-state index contributed by atoms with van der Waals surface area (Å²) in [5.41, 5.74) is 3.81. The first-order valence-corrected chi connectivity index (χ1v) is 10.9. The van der Waals surface area contributed by atoms with Crippen LogP contribution in [0.1, 0.15) is 12.7 Å². The average molecular weight is 455 g/mol. The van der Waals surface area contributed by atoms with Crippen molar-refractivity contribution in [3.05, 3.63) is 54.4 Å². The molecular formula is C24H32N5O4+. The average Bonchev–Trinajstić information content (AvgIpc) is 3.07. The first kappa shape index (κ1) is 24.2. The largest absolute Gasteiger partial charge is 0.461 e. The van der Waals surface area contributed by atoms with Gasteiger partial charge < -0.3 is 19.8 Å². The highest BCUT2D eigenvalue weighted by Gasteiger charge is 2.31. The van der Waals surface area contributed by atoms with Crippen LogP contribution in [-0.2, 0) is 23.6 Å². The van der Waals surface area contributed by atoms with Gasteiger partial charge in [-0.2, -0.15) is 5.10 Å². The van der Waals surface area contributed by atoms with E-state index in [2.05, 4.69) is 5.10 Å². The number of aryl methyl sites for hydroxylation is 2. The highest BCUT2D eigenvalue weighted by Crippen LogP contribution is 2.21. The summed E-state index contributed by atoms with van der Waals surface area (Å²) in [5, 5.41) is 24.8. The number of nitrogens with zero attached hydrogens (tertiary/aromatic N) is 5. The number of hydrogen-bond acceptors (Lipinski definition) is 7. The fourth-order valence-corrected chi connectivity index (χ4v) is 3.88. The van der Waals surface area contributed by atoms with E-state index in [4.69, 9.17) is 4.74 Å². The molecule has 0 aliphatic rings. The van der Waals surface area contributed by atoms with E-state index in [0.717, 1.165) is 22.4 Å². The standard InChI is InChI=1S/C24H32N5O4/c1-5-33-24(32)22(23-26(2)20-8-6-7-9-21(20)27(23)3)25-28(4)18-10-12-19(13-11-18)29(14-16-30)15-17-31/h6-13,30-31H,5,14-17H2,1-4H3/q+1. The molecule has 0 saturated carbocycles. The van der Waals surface area contributed by atoms with Crippen molar-refractivity contribution in [1.82, 2.24) is 4.57 Å². The Hall–Kier alpha value is -3.43. The summed E-state index contributed by atoms with van der Waals surface area (Å²) in [6.07, 6.45) is 0. The molecule has 0 fully saturated rings. The summed E-state index contributed by atoms with van der Waals surface area (Å²) in [6, 6.07) is 15.5. The summed E-state index contributed by atoms with van der Waals surface area (Å²) in [4.78, 5) is 14.8. The zero-order chi connectivity index (χ0) is 24.0. The van der Waals surface area contributed by atoms with Gasteiger partial charge in [0.2, 0.25) is 0 Å². The molecule has 33 heavy (non-hydrogen) atoms. The van der Waals surface area contributed by atoms with E-state index in [1.54, 1.807) is 19.0 Å². The third-order valence-corrected chi connectivity index (χ3v) is 5.50. The number of hydrogen-bond donors (Lipinski definition) is 2. The zero-order valence-electron chi connectivity index (χ0n) is 19.6. The first-order valence-electron chi connectivity index (χ1n) is 10.9. The Labute approximate surface area is 193 Å². The van der Waals surface area contributed by atoms with Crippen LogP contribution in [0.4, 0.5) is 11.4 Å². The number of esters is 1. The molecule has 0 atom stereocenters. The molecule has 9 heteroatoms. The van der Waals surface area contributed by atoms with E-state index in [9.17, 15) is 15.0 Å². The van der Waals surface area contributed by atoms with Gasteiger partial charge in [0.05, 0.1) is 39.6 Å².